The maximum atomic E-state index is 10.3. The van der Waals surface area contributed by atoms with Gasteiger partial charge in [0.1, 0.15) is 17.6 Å². The smallest absolute Gasteiger partial charge is 0.133 e. The lowest BCUT2D eigenvalue weighted by Gasteiger charge is -2.20. The highest BCUT2D eigenvalue weighted by atomic mass is 16.4. The molecule has 90 valence electrons. The third-order valence-electron chi connectivity index (χ3n) is 2.92. The molecule has 0 saturated heterocycles. The van der Waals surface area contributed by atoms with Crippen LogP contribution in [0, 0.1) is 6.92 Å². The van der Waals surface area contributed by atoms with Gasteiger partial charge < -0.3 is 15.3 Å². The molecule has 1 aromatic carbocycles. The lowest BCUT2D eigenvalue weighted by atomic mass is 9.92. The van der Waals surface area contributed by atoms with Crippen LogP contribution in [0.15, 0.2) is 46.9 Å². The molecule has 1 aromatic heterocycles. The Hall–Kier alpha value is -1.58. The highest BCUT2D eigenvalue weighted by Crippen LogP contribution is 2.30. The van der Waals surface area contributed by atoms with Crippen molar-refractivity contribution in [2.24, 2.45) is 5.73 Å². The summed E-state index contributed by atoms with van der Waals surface area (Å²) in [5.41, 5.74) is 6.77. The number of hydrogen-bond donors (Lipinski definition) is 2. The lowest BCUT2D eigenvalue weighted by Crippen LogP contribution is -2.19. The van der Waals surface area contributed by atoms with Crippen LogP contribution in [0.5, 0.6) is 0 Å². The average molecular weight is 231 g/mol. The minimum atomic E-state index is -0.698. The van der Waals surface area contributed by atoms with Crippen molar-refractivity contribution >= 4 is 0 Å². The zero-order valence-corrected chi connectivity index (χ0v) is 9.84. The Labute approximate surface area is 101 Å². The SMILES string of the molecule is Cc1ccc(C(O)C(CN)c2ccccc2)o1. The maximum Gasteiger partial charge on any atom is 0.133 e. The highest BCUT2D eigenvalue weighted by molar-refractivity contribution is 5.23. The van der Waals surface area contributed by atoms with Crippen molar-refractivity contribution in [2.45, 2.75) is 18.9 Å². The molecule has 0 aliphatic carbocycles. The van der Waals surface area contributed by atoms with Crippen LogP contribution in [0.2, 0.25) is 0 Å². The molecule has 0 aliphatic heterocycles. The van der Waals surface area contributed by atoms with E-state index in [1.54, 1.807) is 6.07 Å². The topological polar surface area (TPSA) is 59.4 Å². The summed E-state index contributed by atoms with van der Waals surface area (Å²) in [4.78, 5) is 0. The van der Waals surface area contributed by atoms with E-state index in [2.05, 4.69) is 0 Å². The van der Waals surface area contributed by atoms with E-state index < -0.39 is 6.10 Å². The predicted molar refractivity (Wildman–Crippen MR) is 66.6 cm³/mol. The standard InChI is InChI=1S/C14H17NO2/c1-10-7-8-13(17-10)14(16)12(9-15)11-5-3-2-4-6-11/h2-8,12,14,16H,9,15H2,1H3. The summed E-state index contributed by atoms with van der Waals surface area (Å²) in [7, 11) is 0. The van der Waals surface area contributed by atoms with E-state index >= 15 is 0 Å². The van der Waals surface area contributed by atoms with Crippen LogP contribution in [0.3, 0.4) is 0 Å². The molecular weight excluding hydrogens is 214 g/mol. The fourth-order valence-electron chi connectivity index (χ4n) is 1.96. The molecule has 2 aromatic rings. The Morgan fingerprint density at radius 1 is 1.18 bits per heavy atom. The summed E-state index contributed by atoms with van der Waals surface area (Å²) in [6.45, 7) is 2.24. The Bertz CT molecular complexity index is 464. The van der Waals surface area contributed by atoms with Crippen LogP contribution in [-0.4, -0.2) is 11.7 Å². The van der Waals surface area contributed by atoms with Gasteiger partial charge in [-0.1, -0.05) is 30.3 Å². The average Bonchev–Trinajstić information content (AvgIpc) is 2.78. The van der Waals surface area contributed by atoms with Gasteiger partial charge in [0.15, 0.2) is 0 Å². The van der Waals surface area contributed by atoms with Crippen LogP contribution in [0.1, 0.15) is 29.1 Å². The number of hydrogen-bond acceptors (Lipinski definition) is 3. The van der Waals surface area contributed by atoms with E-state index in [0.717, 1.165) is 11.3 Å². The molecule has 2 atom stereocenters. The van der Waals surface area contributed by atoms with Gasteiger partial charge in [0.2, 0.25) is 0 Å². The summed E-state index contributed by atoms with van der Waals surface area (Å²) in [6.07, 6.45) is -0.698. The number of nitrogens with two attached hydrogens (primary N) is 1. The molecule has 0 amide bonds. The second-order valence-electron chi connectivity index (χ2n) is 4.15. The van der Waals surface area contributed by atoms with Crippen molar-refractivity contribution < 1.29 is 9.52 Å². The number of benzene rings is 1. The van der Waals surface area contributed by atoms with Gasteiger partial charge in [-0.25, -0.2) is 0 Å². The van der Waals surface area contributed by atoms with Gasteiger partial charge in [0.25, 0.3) is 0 Å². The van der Waals surface area contributed by atoms with Crippen LogP contribution in [0.25, 0.3) is 0 Å². The first-order chi connectivity index (χ1) is 8.22. The van der Waals surface area contributed by atoms with Crippen LogP contribution >= 0.6 is 0 Å². The fraction of sp³-hybridized carbons (Fsp3) is 0.286. The second-order valence-corrected chi connectivity index (χ2v) is 4.15. The molecule has 3 N–H and O–H groups in total. The third-order valence-corrected chi connectivity index (χ3v) is 2.92. The molecule has 17 heavy (non-hydrogen) atoms. The molecular formula is C14H17NO2. The molecule has 3 heteroatoms. The van der Waals surface area contributed by atoms with Crippen LogP contribution < -0.4 is 5.73 Å². The molecule has 2 rings (SSSR count). The van der Waals surface area contributed by atoms with E-state index in [4.69, 9.17) is 10.2 Å². The van der Waals surface area contributed by atoms with Gasteiger partial charge in [0.05, 0.1) is 0 Å². The molecule has 2 unspecified atom stereocenters. The van der Waals surface area contributed by atoms with Gasteiger partial charge in [-0.15, -0.1) is 0 Å². The van der Waals surface area contributed by atoms with Crippen LogP contribution in [0.4, 0.5) is 0 Å². The van der Waals surface area contributed by atoms with E-state index in [0.29, 0.717) is 12.3 Å². The van der Waals surface area contributed by atoms with E-state index in [9.17, 15) is 5.11 Å². The Balaban J connectivity index is 2.25. The summed E-state index contributed by atoms with van der Waals surface area (Å²) < 4.78 is 5.44. The first-order valence-electron chi connectivity index (χ1n) is 5.71. The molecule has 0 radical (unpaired) electrons. The third kappa shape index (κ3) is 2.57. The molecule has 0 saturated carbocycles. The van der Waals surface area contributed by atoms with Crippen molar-refractivity contribution in [3.05, 3.63) is 59.5 Å². The van der Waals surface area contributed by atoms with E-state index in [1.165, 1.54) is 0 Å². The summed E-state index contributed by atoms with van der Waals surface area (Å²) in [5.74, 6) is 1.23. The minimum Gasteiger partial charge on any atom is -0.464 e. The van der Waals surface area contributed by atoms with Gasteiger partial charge in [-0.05, 0) is 24.6 Å². The maximum absolute atomic E-state index is 10.3. The number of aryl methyl sites for hydroxylation is 1. The first-order valence-corrected chi connectivity index (χ1v) is 5.71. The number of aliphatic hydroxyl groups is 1. The highest BCUT2D eigenvalue weighted by Gasteiger charge is 2.23. The summed E-state index contributed by atoms with van der Waals surface area (Å²) in [6, 6.07) is 13.4. The van der Waals surface area contributed by atoms with Gasteiger partial charge >= 0.3 is 0 Å². The number of rotatable bonds is 4. The lowest BCUT2D eigenvalue weighted by molar-refractivity contribution is 0.121. The Morgan fingerprint density at radius 3 is 2.41 bits per heavy atom. The molecule has 0 bridgehead atoms. The predicted octanol–water partition coefficient (Wildman–Crippen LogP) is 2.36. The van der Waals surface area contributed by atoms with Crippen molar-refractivity contribution in [3.63, 3.8) is 0 Å². The van der Waals surface area contributed by atoms with E-state index in [-0.39, 0.29) is 5.92 Å². The number of aliphatic hydroxyl groups excluding tert-OH is 1. The van der Waals surface area contributed by atoms with E-state index in [1.807, 2.05) is 43.3 Å². The van der Waals surface area contributed by atoms with Gasteiger partial charge in [0, 0.05) is 12.5 Å². The summed E-state index contributed by atoms with van der Waals surface area (Å²) >= 11 is 0. The zero-order chi connectivity index (χ0) is 12.3. The van der Waals surface area contributed by atoms with Crippen molar-refractivity contribution in [3.8, 4) is 0 Å². The zero-order valence-electron chi connectivity index (χ0n) is 9.84. The first kappa shape index (κ1) is 11.9. The molecule has 1 heterocycles. The summed E-state index contributed by atoms with van der Waals surface area (Å²) in [5, 5.41) is 10.3. The second kappa shape index (κ2) is 5.17. The molecule has 0 fully saturated rings. The van der Waals surface area contributed by atoms with Crippen molar-refractivity contribution in [1.82, 2.24) is 0 Å². The van der Waals surface area contributed by atoms with Gasteiger partial charge in [-0.3, -0.25) is 0 Å². The largest absolute Gasteiger partial charge is 0.464 e. The molecule has 0 spiro atoms. The molecule has 0 aliphatic rings. The number of furan rings is 1. The Morgan fingerprint density at radius 2 is 1.88 bits per heavy atom. The normalized spacial score (nSPS) is 14.5. The monoisotopic (exact) mass is 231 g/mol. The molecule has 3 nitrogen and oxygen atoms in total. The fourth-order valence-corrected chi connectivity index (χ4v) is 1.96. The van der Waals surface area contributed by atoms with Crippen molar-refractivity contribution in [1.29, 1.82) is 0 Å². The van der Waals surface area contributed by atoms with Gasteiger partial charge in [-0.2, -0.15) is 0 Å². The quantitative estimate of drug-likeness (QED) is 0.849. The minimum absolute atomic E-state index is 0.137. The van der Waals surface area contributed by atoms with Crippen molar-refractivity contribution in [2.75, 3.05) is 6.54 Å². The Kier molecular flexibility index (Phi) is 3.61. The van der Waals surface area contributed by atoms with Crippen LogP contribution in [-0.2, 0) is 0 Å².